The number of hydrogen-bond donors (Lipinski definition) is 6. The van der Waals surface area contributed by atoms with Crippen LogP contribution in [0.1, 0.15) is 64.9 Å². The standard InChI is InChI=1S/C33H36F4N4O7/c1-18(38)30-29(31(45)40-15-21-4-7-23(34)14-24(21)35)41-32(48-30)20-6-9-27(47-33(36)37)28(13-20)46-11-3-2-10-39-16-26(44)19-5-8-25(43)22(12-19)17-42/h4-9,12-14,18,26,33,39,42-44H,2-3,10-11,15-17,38H2,1H3,(H,40,45)/t18-,26?/m0/s1. The highest BCUT2D eigenvalue weighted by molar-refractivity contribution is 5.94. The first-order chi connectivity index (χ1) is 23.0. The number of nitrogens with one attached hydrogen (secondary N) is 2. The number of carbonyl (C=O) groups is 1. The summed E-state index contributed by atoms with van der Waals surface area (Å²) in [7, 11) is 0. The van der Waals surface area contributed by atoms with Gasteiger partial charge >= 0.3 is 6.61 Å². The molecule has 1 unspecified atom stereocenters. The maximum atomic E-state index is 14.0. The number of aromatic hydroxyl groups is 1. The Morgan fingerprint density at radius 3 is 2.54 bits per heavy atom. The van der Waals surface area contributed by atoms with E-state index in [0.717, 1.165) is 6.07 Å². The maximum absolute atomic E-state index is 14.0. The molecule has 48 heavy (non-hydrogen) atoms. The first kappa shape index (κ1) is 36.1. The molecule has 1 aromatic heterocycles. The lowest BCUT2D eigenvalue weighted by Crippen LogP contribution is -2.25. The highest BCUT2D eigenvalue weighted by Gasteiger charge is 2.24. The Morgan fingerprint density at radius 1 is 1.04 bits per heavy atom. The van der Waals surface area contributed by atoms with Crippen molar-refractivity contribution in [1.29, 1.82) is 0 Å². The molecular weight excluding hydrogens is 640 g/mol. The Bertz CT molecular complexity index is 1690. The first-order valence-corrected chi connectivity index (χ1v) is 15.0. The number of nitrogens with zero attached hydrogens (tertiary/aromatic N) is 1. The molecule has 0 spiro atoms. The van der Waals surface area contributed by atoms with E-state index in [1.807, 2.05) is 0 Å². The van der Waals surface area contributed by atoms with Gasteiger partial charge in [-0.2, -0.15) is 8.78 Å². The number of rotatable bonds is 17. The lowest BCUT2D eigenvalue weighted by molar-refractivity contribution is -0.0515. The number of nitrogens with two attached hydrogens (primary N) is 1. The second-order valence-corrected chi connectivity index (χ2v) is 10.8. The normalized spacial score (nSPS) is 12.6. The summed E-state index contributed by atoms with van der Waals surface area (Å²) in [6, 6.07) is 10.7. The van der Waals surface area contributed by atoms with E-state index in [-0.39, 0.29) is 72.0 Å². The van der Waals surface area contributed by atoms with Crippen LogP contribution in [0.4, 0.5) is 17.6 Å². The average molecular weight is 677 g/mol. The van der Waals surface area contributed by atoms with Gasteiger partial charge in [0.15, 0.2) is 23.0 Å². The lowest BCUT2D eigenvalue weighted by Gasteiger charge is -2.14. The van der Waals surface area contributed by atoms with Crippen LogP contribution in [0.3, 0.4) is 0 Å². The predicted molar refractivity (Wildman–Crippen MR) is 165 cm³/mol. The molecule has 0 fully saturated rings. The summed E-state index contributed by atoms with van der Waals surface area (Å²) in [6.45, 7) is -1.35. The molecule has 0 bridgehead atoms. The zero-order chi connectivity index (χ0) is 34.8. The molecular formula is C33H36F4N4O7. The summed E-state index contributed by atoms with van der Waals surface area (Å²) < 4.78 is 69.6. The number of hydrogen-bond acceptors (Lipinski definition) is 10. The molecule has 11 nitrogen and oxygen atoms in total. The number of ether oxygens (including phenoxy) is 2. The Kier molecular flexibility index (Phi) is 12.7. The number of aliphatic hydroxyl groups excluding tert-OH is 2. The van der Waals surface area contributed by atoms with E-state index in [0.29, 0.717) is 36.6 Å². The number of alkyl halides is 2. The van der Waals surface area contributed by atoms with Crippen molar-refractivity contribution in [2.75, 3.05) is 19.7 Å². The van der Waals surface area contributed by atoms with Gasteiger partial charge in [0.05, 0.1) is 25.4 Å². The van der Waals surface area contributed by atoms with Crippen LogP contribution < -0.4 is 25.8 Å². The van der Waals surface area contributed by atoms with E-state index in [9.17, 15) is 37.7 Å². The number of carbonyl (C=O) groups excluding carboxylic acids is 1. The van der Waals surface area contributed by atoms with Crippen LogP contribution >= 0.6 is 0 Å². The smallest absolute Gasteiger partial charge is 0.387 e. The lowest BCUT2D eigenvalue weighted by atomic mass is 10.1. The van der Waals surface area contributed by atoms with E-state index >= 15 is 0 Å². The van der Waals surface area contributed by atoms with Crippen LogP contribution in [0, 0.1) is 11.6 Å². The van der Waals surface area contributed by atoms with Crippen molar-refractivity contribution in [1.82, 2.24) is 15.6 Å². The van der Waals surface area contributed by atoms with E-state index in [1.165, 1.54) is 36.4 Å². The Hall–Kier alpha value is -4.70. The van der Waals surface area contributed by atoms with Gasteiger partial charge in [-0.25, -0.2) is 13.8 Å². The molecule has 1 amide bonds. The van der Waals surface area contributed by atoms with Gasteiger partial charge in [-0.3, -0.25) is 4.79 Å². The Labute approximate surface area is 273 Å². The minimum atomic E-state index is -3.12. The zero-order valence-electron chi connectivity index (χ0n) is 25.9. The molecule has 0 saturated carbocycles. The van der Waals surface area contributed by atoms with Crippen molar-refractivity contribution in [2.24, 2.45) is 5.73 Å². The topological polar surface area (TPSA) is 172 Å². The van der Waals surface area contributed by atoms with E-state index in [4.69, 9.17) is 14.9 Å². The van der Waals surface area contributed by atoms with Gasteiger partial charge in [0.2, 0.25) is 5.89 Å². The van der Waals surface area contributed by atoms with Crippen LogP contribution in [-0.2, 0) is 13.2 Å². The summed E-state index contributed by atoms with van der Waals surface area (Å²) in [4.78, 5) is 17.2. The summed E-state index contributed by atoms with van der Waals surface area (Å²) in [5.41, 5.74) is 6.99. The molecule has 4 aromatic rings. The van der Waals surface area contributed by atoms with Crippen molar-refractivity contribution in [2.45, 2.75) is 51.7 Å². The van der Waals surface area contributed by atoms with Gasteiger partial charge in [0.1, 0.15) is 17.4 Å². The van der Waals surface area contributed by atoms with Crippen molar-refractivity contribution in [3.63, 3.8) is 0 Å². The molecule has 0 aliphatic carbocycles. The number of aliphatic hydroxyl groups is 2. The summed E-state index contributed by atoms with van der Waals surface area (Å²) in [6.07, 6.45) is 0.237. The van der Waals surface area contributed by atoms with Crippen molar-refractivity contribution < 1.29 is 51.6 Å². The number of phenols is 1. The number of oxazole rings is 1. The van der Waals surface area contributed by atoms with E-state index in [2.05, 4.69) is 20.4 Å². The highest BCUT2D eigenvalue weighted by atomic mass is 19.3. The molecule has 1 heterocycles. The summed E-state index contributed by atoms with van der Waals surface area (Å²) in [5.74, 6) is -2.67. The quantitative estimate of drug-likeness (QED) is 0.0671. The number of benzene rings is 3. The number of halogens is 4. The molecule has 258 valence electrons. The second-order valence-electron chi connectivity index (χ2n) is 10.8. The first-order valence-electron chi connectivity index (χ1n) is 15.0. The number of unbranched alkanes of at least 4 members (excludes halogenated alkanes) is 1. The minimum Gasteiger partial charge on any atom is -0.508 e. The van der Waals surface area contributed by atoms with E-state index < -0.39 is 36.3 Å². The fourth-order valence-corrected chi connectivity index (χ4v) is 4.63. The highest BCUT2D eigenvalue weighted by Crippen LogP contribution is 2.35. The van der Waals surface area contributed by atoms with Gasteiger partial charge in [-0.15, -0.1) is 0 Å². The number of amides is 1. The SMILES string of the molecule is C[C@H](N)c1oc(-c2ccc(OC(F)F)c(OCCCCNCC(O)c3ccc(O)c(CO)c3)c2)nc1C(=O)NCc1ccc(F)cc1F. The van der Waals surface area contributed by atoms with Crippen LogP contribution in [0.2, 0.25) is 0 Å². The largest absolute Gasteiger partial charge is 0.508 e. The predicted octanol–water partition coefficient (Wildman–Crippen LogP) is 4.85. The molecule has 2 atom stereocenters. The third-order valence-corrected chi connectivity index (χ3v) is 7.15. The van der Waals surface area contributed by atoms with Crippen LogP contribution in [0.25, 0.3) is 11.5 Å². The van der Waals surface area contributed by atoms with Gasteiger partial charge in [-0.1, -0.05) is 12.1 Å². The fourth-order valence-electron chi connectivity index (χ4n) is 4.63. The molecule has 15 heteroatoms. The Morgan fingerprint density at radius 2 is 1.83 bits per heavy atom. The fraction of sp³-hybridized carbons (Fsp3) is 0.333. The van der Waals surface area contributed by atoms with Crippen LogP contribution in [0.15, 0.2) is 59.0 Å². The minimum absolute atomic E-state index is 0.0225. The molecule has 0 saturated heterocycles. The van der Waals surface area contributed by atoms with Crippen molar-refractivity contribution >= 4 is 5.91 Å². The molecule has 4 rings (SSSR count). The van der Waals surface area contributed by atoms with E-state index in [1.54, 1.807) is 13.0 Å². The van der Waals surface area contributed by atoms with Crippen molar-refractivity contribution in [3.05, 3.63) is 94.4 Å². The third kappa shape index (κ3) is 9.67. The van der Waals surface area contributed by atoms with Crippen LogP contribution in [0.5, 0.6) is 17.2 Å². The van der Waals surface area contributed by atoms with Gasteiger partial charge in [0.25, 0.3) is 5.91 Å². The Balaban J connectivity index is 1.37. The average Bonchev–Trinajstić information content (AvgIpc) is 3.50. The third-order valence-electron chi connectivity index (χ3n) is 7.15. The summed E-state index contributed by atoms with van der Waals surface area (Å²) >= 11 is 0. The molecule has 0 aliphatic heterocycles. The van der Waals surface area contributed by atoms with Gasteiger partial charge < -0.3 is 45.6 Å². The number of aromatic nitrogens is 1. The molecule has 0 radical (unpaired) electrons. The molecule has 7 N–H and O–H groups in total. The van der Waals surface area contributed by atoms with Crippen molar-refractivity contribution in [3.8, 4) is 28.7 Å². The zero-order valence-corrected chi connectivity index (χ0v) is 25.9. The van der Waals surface area contributed by atoms with Gasteiger partial charge in [0, 0.05) is 35.8 Å². The monoisotopic (exact) mass is 676 g/mol. The molecule has 0 aliphatic rings. The second kappa shape index (κ2) is 16.9. The maximum Gasteiger partial charge on any atom is 0.387 e. The van der Waals surface area contributed by atoms with Gasteiger partial charge in [-0.05, 0) is 68.3 Å². The molecule has 3 aromatic carbocycles. The summed E-state index contributed by atoms with van der Waals surface area (Å²) in [5, 5.41) is 35.0. The van der Waals surface area contributed by atoms with Crippen LogP contribution in [-0.4, -0.2) is 52.5 Å².